The van der Waals surface area contributed by atoms with Crippen LogP contribution in [0.5, 0.6) is 0 Å². The van der Waals surface area contributed by atoms with Gasteiger partial charge in [-0.25, -0.2) is 0 Å². The van der Waals surface area contributed by atoms with Crippen molar-refractivity contribution in [2.45, 2.75) is 39.2 Å². The lowest BCUT2D eigenvalue weighted by molar-refractivity contribution is 0.309. The van der Waals surface area contributed by atoms with Gasteiger partial charge in [0.15, 0.2) is 5.82 Å². The maximum Gasteiger partial charge on any atom is 0.324 e. The Hall–Kier alpha value is -1.10. The third kappa shape index (κ3) is 2.19. The molecule has 0 radical (unpaired) electrons. The molecule has 1 aliphatic rings. The van der Waals surface area contributed by atoms with Crippen LogP contribution in [-0.4, -0.2) is 29.3 Å². The first-order valence-corrected chi connectivity index (χ1v) is 6.01. The molecule has 90 valence electrons. The summed E-state index contributed by atoms with van der Waals surface area (Å²) in [5.74, 6) is 1.47. The van der Waals surface area contributed by atoms with E-state index >= 15 is 0 Å². The molecule has 0 amide bonds. The molecule has 1 saturated heterocycles. The summed E-state index contributed by atoms with van der Waals surface area (Å²) in [5, 5.41) is 3.83. The van der Waals surface area contributed by atoms with Crippen molar-refractivity contribution in [3.05, 3.63) is 5.82 Å². The third-order valence-corrected chi connectivity index (χ3v) is 3.44. The number of hydrogen-bond acceptors (Lipinski definition) is 5. The van der Waals surface area contributed by atoms with Crippen molar-refractivity contribution in [1.29, 1.82) is 0 Å². The van der Waals surface area contributed by atoms with E-state index in [0.717, 1.165) is 18.9 Å². The average Bonchev–Trinajstić information content (AvgIpc) is 2.74. The highest BCUT2D eigenvalue weighted by atomic mass is 16.5. The lowest BCUT2D eigenvalue weighted by atomic mass is 9.89. The van der Waals surface area contributed by atoms with Crippen LogP contribution in [0.25, 0.3) is 0 Å². The molecule has 2 rings (SSSR count). The Morgan fingerprint density at radius 1 is 1.56 bits per heavy atom. The molecule has 2 atom stereocenters. The predicted molar refractivity (Wildman–Crippen MR) is 62.2 cm³/mol. The molecular weight excluding hydrogens is 204 g/mol. The normalized spacial score (nSPS) is 26.1. The van der Waals surface area contributed by atoms with Gasteiger partial charge in [0.05, 0.1) is 0 Å². The fraction of sp³-hybridized carbons (Fsp3) is 0.818. The van der Waals surface area contributed by atoms with Gasteiger partial charge in [0.1, 0.15) is 0 Å². The molecular formula is C11H20N4O. The van der Waals surface area contributed by atoms with Gasteiger partial charge in [0, 0.05) is 19.1 Å². The Morgan fingerprint density at radius 3 is 2.94 bits per heavy atom. The van der Waals surface area contributed by atoms with Crippen LogP contribution >= 0.6 is 0 Å². The molecule has 2 unspecified atom stereocenters. The zero-order valence-electron chi connectivity index (χ0n) is 10.0. The molecule has 1 aliphatic heterocycles. The molecule has 1 aromatic heterocycles. The second-order valence-corrected chi connectivity index (χ2v) is 4.51. The van der Waals surface area contributed by atoms with Gasteiger partial charge in [-0.15, -0.1) is 0 Å². The van der Waals surface area contributed by atoms with Crippen LogP contribution in [0.4, 0.5) is 6.01 Å². The van der Waals surface area contributed by atoms with Crippen LogP contribution in [0.1, 0.15) is 32.0 Å². The molecule has 5 nitrogen and oxygen atoms in total. The second kappa shape index (κ2) is 4.82. The molecule has 5 heteroatoms. The third-order valence-electron chi connectivity index (χ3n) is 3.44. The van der Waals surface area contributed by atoms with E-state index in [4.69, 9.17) is 10.3 Å². The van der Waals surface area contributed by atoms with Crippen LogP contribution < -0.4 is 10.6 Å². The van der Waals surface area contributed by atoms with E-state index in [1.165, 1.54) is 12.8 Å². The van der Waals surface area contributed by atoms with Crippen LogP contribution in [0.2, 0.25) is 0 Å². The van der Waals surface area contributed by atoms with Crippen LogP contribution in [-0.2, 0) is 0 Å². The van der Waals surface area contributed by atoms with Gasteiger partial charge in [-0.3, -0.25) is 0 Å². The molecule has 0 aliphatic carbocycles. The summed E-state index contributed by atoms with van der Waals surface area (Å²) in [4.78, 5) is 6.43. The highest BCUT2D eigenvalue weighted by Crippen LogP contribution is 2.28. The summed E-state index contributed by atoms with van der Waals surface area (Å²) in [6.07, 6.45) is 3.55. The van der Waals surface area contributed by atoms with Gasteiger partial charge in [0.2, 0.25) is 0 Å². The number of rotatable bonds is 3. The smallest absolute Gasteiger partial charge is 0.324 e. The van der Waals surface area contributed by atoms with E-state index in [2.05, 4.69) is 22.0 Å². The molecule has 16 heavy (non-hydrogen) atoms. The average molecular weight is 224 g/mol. The second-order valence-electron chi connectivity index (χ2n) is 4.51. The monoisotopic (exact) mass is 224 g/mol. The van der Waals surface area contributed by atoms with Crippen LogP contribution in [0.15, 0.2) is 4.52 Å². The molecule has 0 spiro atoms. The minimum absolute atomic E-state index is 0.346. The SMILES string of the molecule is CCC1CCN(c2nc(C)no2)C(CN)C1. The first kappa shape index (κ1) is 11.4. The summed E-state index contributed by atoms with van der Waals surface area (Å²) in [7, 11) is 0. The Kier molecular flexibility index (Phi) is 3.43. The highest BCUT2D eigenvalue weighted by Gasteiger charge is 2.29. The lowest BCUT2D eigenvalue weighted by Gasteiger charge is -2.37. The van der Waals surface area contributed by atoms with Crippen LogP contribution in [0.3, 0.4) is 0 Å². The molecule has 1 aromatic rings. The molecule has 2 heterocycles. The molecule has 0 saturated carbocycles. The van der Waals surface area contributed by atoms with E-state index in [0.29, 0.717) is 24.4 Å². The van der Waals surface area contributed by atoms with Crippen molar-refractivity contribution >= 4 is 6.01 Å². The summed E-state index contributed by atoms with van der Waals surface area (Å²) in [6.45, 7) is 5.70. The van der Waals surface area contributed by atoms with E-state index in [9.17, 15) is 0 Å². The first-order chi connectivity index (χ1) is 7.74. The van der Waals surface area contributed by atoms with E-state index in [-0.39, 0.29) is 0 Å². The standard InChI is InChI=1S/C11H20N4O/c1-3-9-4-5-15(10(6-9)7-12)11-13-8(2)14-16-11/h9-10H,3-7,12H2,1-2H3. The largest absolute Gasteiger partial charge is 0.328 e. The Balaban J connectivity index is 2.09. The van der Waals surface area contributed by atoms with Crippen molar-refractivity contribution in [1.82, 2.24) is 10.1 Å². The number of piperidine rings is 1. The van der Waals surface area contributed by atoms with Crippen molar-refractivity contribution in [2.24, 2.45) is 11.7 Å². The molecule has 1 fully saturated rings. The van der Waals surface area contributed by atoms with Gasteiger partial charge < -0.3 is 15.2 Å². The van der Waals surface area contributed by atoms with Gasteiger partial charge >= 0.3 is 6.01 Å². The number of anilines is 1. The highest BCUT2D eigenvalue weighted by molar-refractivity contribution is 5.28. The fourth-order valence-corrected chi connectivity index (χ4v) is 2.38. The lowest BCUT2D eigenvalue weighted by Crippen LogP contribution is -2.46. The minimum Gasteiger partial charge on any atom is -0.328 e. The topological polar surface area (TPSA) is 68.2 Å². The van der Waals surface area contributed by atoms with E-state index in [1.807, 2.05) is 6.92 Å². The molecule has 0 bridgehead atoms. The number of aryl methyl sites for hydroxylation is 1. The summed E-state index contributed by atoms with van der Waals surface area (Å²) in [6, 6.07) is 0.973. The maximum atomic E-state index is 5.82. The fourth-order valence-electron chi connectivity index (χ4n) is 2.38. The maximum absolute atomic E-state index is 5.82. The summed E-state index contributed by atoms with van der Waals surface area (Å²) in [5.41, 5.74) is 5.82. The molecule has 2 N–H and O–H groups in total. The minimum atomic E-state index is 0.346. The Labute approximate surface area is 96.0 Å². The van der Waals surface area contributed by atoms with Gasteiger partial charge in [-0.05, 0) is 25.7 Å². The molecule has 0 aromatic carbocycles. The zero-order valence-corrected chi connectivity index (χ0v) is 10.0. The van der Waals surface area contributed by atoms with Crippen LogP contribution in [0, 0.1) is 12.8 Å². The number of aromatic nitrogens is 2. The van der Waals surface area contributed by atoms with Gasteiger partial charge in [-0.2, -0.15) is 4.98 Å². The Morgan fingerprint density at radius 2 is 2.38 bits per heavy atom. The van der Waals surface area contributed by atoms with E-state index < -0.39 is 0 Å². The Bertz CT molecular complexity index is 338. The quantitative estimate of drug-likeness (QED) is 0.839. The van der Waals surface area contributed by atoms with Crippen molar-refractivity contribution < 1.29 is 4.52 Å². The zero-order chi connectivity index (χ0) is 11.5. The van der Waals surface area contributed by atoms with E-state index in [1.54, 1.807) is 0 Å². The van der Waals surface area contributed by atoms with Gasteiger partial charge in [-0.1, -0.05) is 18.5 Å². The van der Waals surface area contributed by atoms with Crippen molar-refractivity contribution in [3.8, 4) is 0 Å². The first-order valence-electron chi connectivity index (χ1n) is 6.01. The predicted octanol–water partition coefficient (Wildman–Crippen LogP) is 1.33. The van der Waals surface area contributed by atoms with Crippen molar-refractivity contribution in [2.75, 3.05) is 18.0 Å². The van der Waals surface area contributed by atoms with Gasteiger partial charge in [0.25, 0.3) is 0 Å². The number of nitrogens with two attached hydrogens (primary N) is 1. The summed E-state index contributed by atoms with van der Waals surface area (Å²) >= 11 is 0. The number of hydrogen-bond donors (Lipinski definition) is 1. The summed E-state index contributed by atoms with van der Waals surface area (Å²) < 4.78 is 5.21. The number of nitrogens with zero attached hydrogens (tertiary/aromatic N) is 3. The van der Waals surface area contributed by atoms with Crippen molar-refractivity contribution in [3.63, 3.8) is 0 Å².